The number of hydrogen-bond acceptors (Lipinski definition) is 3. The van der Waals surface area contributed by atoms with Gasteiger partial charge in [-0.05, 0) is 31.9 Å². The van der Waals surface area contributed by atoms with Crippen molar-refractivity contribution in [1.82, 2.24) is 9.55 Å². The SMILES string of the molecule is CC.CC(C)[C@@H]1COC(=O)N1c1nc2c(F)cccc2n1C(C)C.CCC. The molecule has 0 unspecified atom stereocenters. The molecule has 0 saturated carbocycles. The van der Waals surface area contributed by atoms with Gasteiger partial charge in [-0.25, -0.2) is 19.1 Å². The highest BCUT2D eigenvalue weighted by Crippen LogP contribution is 2.33. The molecule has 1 aromatic heterocycles. The van der Waals surface area contributed by atoms with Crippen molar-refractivity contribution in [2.75, 3.05) is 11.5 Å². The van der Waals surface area contributed by atoms with Crippen LogP contribution >= 0.6 is 0 Å². The average molecular weight is 380 g/mol. The summed E-state index contributed by atoms with van der Waals surface area (Å²) in [5, 5.41) is 0. The molecule has 0 radical (unpaired) electrons. The van der Waals surface area contributed by atoms with Crippen LogP contribution in [0.15, 0.2) is 18.2 Å². The fourth-order valence-electron chi connectivity index (χ4n) is 2.91. The molecule has 1 aliphatic rings. The number of ether oxygens (including phenoxy) is 1. The predicted octanol–water partition coefficient (Wildman–Crippen LogP) is 6.18. The van der Waals surface area contributed by atoms with Crippen molar-refractivity contribution in [3.8, 4) is 0 Å². The molecule has 2 aromatic rings. The van der Waals surface area contributed by atoms with Crippen molar-refractivity contribution in [1.29, 1.82) is 0 Å². The molecule has 0 N–H and O–H groups in total. The van der Waals surface area contributed by atoms with E-state index < -0.39 is 6.09 Å². The van der Waals surface area contributed by atoms with Crippen LogP contribution < -0.4 is 4.90 Å². The Labute approximate surface area is 162 Å². The lowest BCUT2D eigenvalue weighted by Crippen LogP contribution is -2.39. The number of imidazole rings is 1. The van der Waals surface area contributed by atoms with E-state index in [0.717, 1.165) is 0 Å². The number of nitrogens with zero attached hydrogens (tertiary/aromatic N) is 3. The van der Waals surface area contributed by atoms with Crippen LogP contribution in [-0.4, -0.2) is 28.3 Å². The molecule has 0 bridgehead atoms. The van der Waals surface area contributed by atoms with Gasteiger partial charge in [-0.3, -0.25) is 0 Å². The zero-order chi connectivity index (χ0) is 20.7. The molecule has 152 valence electrons. The van der Waals surface area contributed by atoms with E-state index in [1.807, 2.05) is 52.2 Å². The van der Waals surface area contributed by atoms with Crippen LogP contribution in [0, 0.1) is 11.7 Å². The van der Waals surface area contributed by atoms with Gasteiger partial charge in [0.1, 0.15) is 12.1 Å². The quantitative estimate of drug-likeness (QED) is 0.640. The number of hydrogen-bond donors (Lipinski definition) is 0. The second-order valence-corrected chi connectivity index (χ2v) is 6.95. The third kappa shape index (κ3) is 4.79. The van der Waals surface area contributed by atoms with Crippen molar-refractivity contribution in [2.45, 2.75) is 73.9 Å². The molecule has 0 aliphatic carbocycles. The van der Waals surface area contributed by atoms with E-state index in [9.17, 15) is 9.18 Å². The number of para-hydroxylation sites is 1. The van der Waals surface area contributed by atoms with Gasteiger partial charge in [0.2, 0.25) is 5.95 Å². The zero-order valence-corrected chi connectivity index (χ0v) is 17.9. The lowest BCUT2D eigenvalue weighted by Gasteiger charge is -2.25. The third-order valence-corrected chi connectivity index (χ3v) is 4.06. The third-order valence-electron chi connectivity index (χ3n) is 4.06. The Hall–Kier alpha value is -2.11. The van der Waals surface area contributed by atoms with Crippen molar-refractivity contribution in [3.63, 3.8) is 0 Å². The Balaban J connectivity index is 0.000000665. The van der Waals surface area contributed by atoms with E-state index in [4.69, 9.17) is 4.74 Å². The summed E-state index contributed by atoms with van der Waals surface area (Å²) in [5.74, 6) is 0.292. The maximum absolute atomic E-state index is 14.1. The van der Waals surface area contributed by atoms with Crippen molar-refractivity contribution < 1.29 is 13.9 Å². The van der Waals surface area contributed by atoms with Gasteiger partial charge in [0.15, 0.2) is 5.82 Å². The molecule has 3 rings (SSSR count). The molecule has 5 nitrogen and oxygen atoms in total. The van der Waals surface area contributed by atoms with E-state index in [2.05, 4.69) is 18.8 Å². The number of carbonyl (C=O) groups excluding carboxylic acids is 1. The highest BCUT2D eigenvalue weighted by molar-refractivity contribution is 5.91. The maximum atomic E-state index is 14.1. The Bertz CT molecular complexity index is 740. The first-order valence-electron chi connectivity index (χ1n) is 9.95. The number of cyclic esters (lactones) is 1. The number of anilines is 1. The standard InChI is InChI=1S/C16H20FN3O2.C3H8.C2H6/c1-9(2)13-8-22-16(21)20(13)15-18-14-11(17)6-5-7-12(14)19(15)10(3)4;1-3-2;1-2/h5-7,9-10,13H,8H2,1-4H3;3H2,1-2H3;1-2H3/t13-;;/m0../s1. The molecule has 1 amide bonds. The number of halogens is 1. The number of aromatic nitrogens is 2. The molecule has 27 heavy (non-hydrogen) atoms. The number of fused-ring (bicyclic) bond motifs is 1. The Morgan fingerprint density at radius 2 is 1.81 bits per heavy atom. The number of rotatable bonds is 3. The van der Waals surface area contributed by atoms with Crippen LogP contribution in [-0.2, 0) is 4.74 Å². The lowest BCUT2D eigenvalue weighted by molar-refractivity contribution is 0.177. The van der Waals surface area contributed by atoms with Gasteiger partial charge in [-0.2, -0.15) is 0 Å². The molecular formula is C21H34FN3O2. The van der Waals surface area contributed by atoms with Crippen LogP contribution in [0.25, 0.3) is 11.0 Å². The topological polar surface area (TPSA) is 47.4 Å². The van der Waals surface area contributed by atoms with Gasteiger partial charge in [0.25, 0.3) is 0 Å². The molecule has 1 aromatic carbocycles. The predicted molar refractivity (Wildman–Crippen MR) is 110 cm³/mol. The summed E-state index contributed by atoms with van der Waals surface area (Å²) < 4.78 is 21.2. The van der Waals surface area contributed by atoms with Crippen molar-refractivity contribution >= 4 is 23.1 Å². The minimum absolute atomic E-state index is 0.0445. The van der Waals surface area contributed by atoms with Gasteiger partial charge >= 0.3 is 6.09 Å². The molecule has 1 aliphatic heterocycles. The van der Waals surface area contributed by atoms with Crippen LogP contribution in [0.2, 0.25) is 0 Å². The summed E-state index contributed by atoms with van der Waals surface area (Å²) in [6.07, 6.45) is 0.830. The smallest absolute Gasteiger partial charge is 0.417 e. The van der Waals surface area contributed by atoms with Crippen LogP contribution in [0.1, 0.15) is 67.9 Å². The van der Waals surface area contributed by atoms with E-state index in [0.29, 0.717) is 18.1 Å². The summed E-state index contributed by atoms with van der Waals surface area (Å²) in [5.41, 5.74) is 0.973. The molecule has 2 heterocycles. The largest absolute Gasteiger partial charge is 0.447 e. The first-order valence-corrected chi connectivity index (χ1v) is 9.95. The minimum Gasteiger partial charge on any atom is -0.447 e. The van der Waals surface area contributed by atoms with Gasteiger partial charge in [-0.15, -0.1) is 0 Å². The minimum atomic E-state index is -0.420. The molecule has 1 fully saturated rings. The second kappa shape index (κ2) is 10.3. The Kier molecular flexibility index (Phi) is 8.73. The van der Waals surface area contributed by atoms with Gasteiger partial charge in [0, 0.05) is 6.04 Å². The summed E-state index contributed by atoms with van der Waals surface area (Å²) in [4.78, 5) is 18.2. The lowest BCUT2D eigenvalue weighted by atomic mass is 10.1. The zero-order valence-electron chi connectivity index (χ0n) is 17.9. The number of amides is 1. The highest BCUT2D eigenvalue weighted by Gasteiger charge is 2.39. The van der Waals surface area contributed by atoms with E-state index in [1.54, 1.807) is 11.0 Å². The molecule has 0 spiro atoms. The summed E-state index contributed by atoms with van der Waals surface area (Å²) in [6, 6.07) is 4.81. The Morgan fingerprint density at radius 1 is 1.22 bits per heavy atom. The maximum Gasteiger partial charge on any atom is 0.417 e. The van der Waals surface area contributed by atoms with E-state index >= 15 is 0 Å². The summed E-state index contributed by atoms with van der Waals surface area (Å²) in [7, 11) is 0. The monoisotopic (exact) mass is 379 g/mol. The fraction of sp³-hybridized carbons (Fsp3) is 0.619. The number of benzene rings is 1. The van der Waals surface area contributed by atoms with Crippen molar-refractivity contribution in [3.05, 3.63) is 24.0 Å². The molecule has 6 heteroatoms. The first kappa shape index (κ1) is 22.9. The highest BCUT2D eigenvalue weighted by atomic mass is 19.1. The molecule has 1 saturated heterocycles. The van der Waals surface area contributed by atoms with E-state index in [-0.39, 0.29) is 29.3 Å². The van der Waals surface area contributed by atoms with Crippen LogP contribution in [0.3, 0.4) is 0 Å². The first-order chi connectivity index (χ1) is 12.8. The second-order valence-electron chi connectivity index (χ2n) is 6.95. The Morgan fingerprint density at radius 3 is 2.33 bits per heavy atom. The van der Waals surface area contributed by atoms with Crippen molar-refractivity contribution in [2.24, 2.45) is 5.92 Å². The van der Waals surface area contributed by atoms with Gasteiger partial charge in [0.05, 0.1) is 11.6 Å². The fourth-order valence-corrected chi connectivity index (χ4v) is 2.91. The molecular weight excluding hydrogens is 345 g/mol. The van der Waals surface area contributed by atoms with Crippen LogP contribution in [0.4, 0.5) is 15.1 Å². The summed E-state index contributed by atoms with van der Waals surface area (Å²) >= 11 is 0. The van der Waals surface area contributed by atoms with E-state index in [1.165, 1.54) is 12.5 Å². The average Bonchev–Trinajstić information content (AvgIpc) is 3.18. The summed E-state index contributed by atoms with van der Waals surface area (Å²) in [6.45, 7) is 16.6. The number of carbonyl (C=O) groups is 1. The van der Waals surface area contributed by atoms with Gasteiger partial charge < -0.3 is 9.30 Å². The van der Waals surface area contributed by atoms with Gasteiger partial charge in [-0.1, -0.05) is 54.0 Å². The normalized spacial score (nSPS) is 16.2. The molecule has 1 atom stereocenters. The van der Waals surface area contributed by atoms with Crippen LogP contribution in [0.5, 0.6) is 0 Å².